The first-order chi connectivity index (χ1) is 12.5. The standard InChI is InChI=1S/C20H18F2N2O2/c21-16-4-1-13(2-5-16)9-10-23-19(25)8-3-14-11-15-12-17(22)6-7-18(15)24-20(14)26/h1-2,4-7,11-12H,3,8-10H2,(H,23,25)(H,24,26). The van der Waals surface area contributed by atoms with Crippen LogP contribution in [0.15, 0.2) is 53.3 Å². The van der Waals surface area contributed by atoms with Crippen molar-refractivity contribution >= 4 is 16.8 Å². The first-order valence-electron chi connectivity index (χ1n) is 8.34. The summed E-state index contributed by atoms with van der Waals surface area (Å²) in [5, 5.41) is 3.37. The van der Waals surface area contributed by atoms with Crippen molar-refractivity contribution in [2.45, 2.75) is 19.3 Å². The second-order valence-corrected chi connectivity index (χ2v) is 6.08. The molecule has 0 aliphatic heterocycles. The molecular formula is C20H18F2N2O2. The van der Waals surface area contributed by atoms with Gasteiger partial charge >= 0.3 is 0 Å². The van der Waals surface area contributed by atoms with Crippen LogP contribution in [0.5, 0.6) is 0 Å². The number of amides is 1. The molecule has 0 unspecified atom stereocenters. The van der Waals surface area contributed by atoms with Crippen LogP contribution >= 0.6 is 0 Å². The Morgan fingerprint density at radius 1 is 0.962 bits per heavy atom. The Labute approximate surface area is 148 Å². The summed E-state index contributed by atoms with van der Waals surface area (Å²) in [5.41, 5.74) is 1.66. The van der Waals surface area contributed by atoms with Crippen molar-refractivity contribution in [2.75, 3.05) is 6.54 Å². The van der Waals surface area contributed by atoms with Gasteiger partial charge in [0.1, 0.15) is 11.6 Å². The molecule has 3 rings (SSSR count). The molecule has 2 N–H and O–H groups in total. The number of carbonyl (C=O) groups excluding carboxylic acids is 1. The third kappa shape index (κ3) is 4.53. The van der Waals surface area contributed by atoms with Crippen LogP contribution in [-0.2, 0) is 17.6 Å². The van der Waals surface area contributed by atoms with Crippen molar-refractivity contribution in [1.29, 1.82) is 0 Å². The second-order valence-electron chi connectivity index (χ2n) is 6.08. The summed E-state index contributed by atoms with van der Waals surface area (Å²) in [6.07, 6.45) is 1.03. The van der Waals surface area contributed by atoms with Crippen molar-refractivity contribution in [3.05, 3.63) is 81.6 Å². The predicted molar refractivity (Wildman–Crippen MR) is 96.0 cm³/mol. The van der Waals surface area contributed by atoms with E-state index in [0.717, 1.165) is 5.56 Å². The van der Waals surface area contributed by atoms with Crippen molar-refractivity contribution in [2.24, 2.45) is 0 Å². The summed E-state index contributed by atoms with van der Waals surface area (Å²) >= 11 is 0. The molecule has 0 saturated carbocycles. The molecule has 0 bridgehead atoms. The predicted octanol–water partition coefficient (Wildman–Crippen LogP) is 3.10. The molecule has 1 aromatic heterocycles. The molecule has 1 heterocycles. The van der Waals surface area contributed by atoms with Gasteiger partial charge in [0, 0.05) is 29.4 Å². The molecule has 0 spiro atoms. The lowest BCUT2D eigenvalue weighted by Gasteiger charge is -2.06. The van der Waals surface area contributed by atoms with Crippen LogP contribution in [0.4, 0.5) is 8.78 Å². The maximum Gasteiger partial charge on any atom is 0.251 e. The van der Waals surface area contributed by atoms with Gasteiger partial charge in [0.25, 0.3) is 5.56 Å². The Hall–Kier alpha value is -3.02. The third-order valence-corrected chi connectivity index (χ3v) is 4.15. The molecule has 3 aromatic rings. The van der Waals surface area contributed by atoms with E-state index in [9.17, 15) is 18.4 Å². The molecule has 0 saturated heterocycles. The van der Waals surface area contributed by atoms with Gasteiger partial charge in [0.2, 0.25) is 5.91 Å². The zero-order valence-electron chi connectivity index (χ0n) is 14.0. The van der Waals surface area contributed by atoms with Gasteiger partial charge in [-0.15, -0.1) is 0 Å². The highest BCUT2D eigenvalue weighted by Gasteiger charge is 2.07. The first kappa shape index (κ1) is 17.8. The third-order valence-electron chi connectivity index (χ3n) is 4.15. The largest absolute Gasteiger partial charge is 0.356 e. The summed E-state index contributed by atoms with van der Waals surface area (Å²) in [6.45, 7) is 0.434. The zero-order valence-corrected chi connectivity index (χ0v) is 14.0. The van der Waals surface area contributed by atoms with E-state index in [4.69, 9.17) is 0 Å². The zero-order chi connectivity index (χ0) is 18.5. The van der Waals surface area contributed by atoms with E-state index in [1.807, 2.05) is 0 Å². The number of aromatic nitrogens is 1. The number of aryl methyl sites for hydroxylation is 1. The highest BCUT2D eigenvalue weighted by atomic mass is 19.1. The summed E-state index contributed by atoms with van der Waals surface area (Å²) in [5.74, 6) is -0.849. The molecule has 2 aromatic carbocycles. The molecule has 0 aliphatic carbocycles. The first-order valence-corrected chi connectivity index (χ1v) is 8.34. The van der Waals surface area contributed by atoms with E-state index >= 15 is 0 Å². The van der Waals surface area contributed by atoms with Crippen molar-refractivity contribution in [1.82, 2.24) is 10.3 Å². The Bertz CT molecular complexity index is 981. The monoisotopic (exact) mass is 356 g/mol. The van der Waals surface area contributed by atoms with Crippen LogP contribution in [-0.4, -0.2) is 17.4 Å². The number of H-pyrrole nitrogens is 1. The highest BCUT2D eigenvalue weighted by molar-refractivity contribution is 5.79. The van der Waals surface area contributed by atoms with Gasteiger partial charge in [-0.05, 0) is 54.8 Å². The van der Waals surface area contributed by atoms with Crippen LogP contribution < -0.4 is 10.9 Å². The van der Waals surface area contributed by atoms with E-state index in [-0.39, 0.29) is 35.9 Å². The van der Waals surface area contributed by atoms with Crippen molar-refractivity contribution in [3.8, 4) is 0 Å². The number of fused-ring (bicyclic) bond motifs is 1. The van der Waals surface area contributed by atoms with E-state index in [1.54, 1.807) is 18.2 Å². The van der Waals surface area contributed by atoms with Gasteiger partial charge < -0.3 is 10.3 Å². The minimum absolute atomic E-state index is 0.160. The summed E-state index contributed by atoms with van der Waals surface area (Å²) < 4.78 is 26.1. The number of pyridine rings is 1. The molecule has 0 radical (unpaired) electrons. The maximum atomic E-state index is 13.3. The Balaban J connectivity index is 1.54. The normalized spacial score (nSPS) is 10.8. The van der Waals surface area contributed by atoms with Crippen LogP contribution in [0, 0.1) is 11.6 Å². The number of benzene rings is 2. The van der Waals surface area contributed by atoms with Gasteiger partial charge in [-0.3, -0.25) is 9.59 Å². The number of nitrogens with one attached hydrogen (secondary N) is 2. The van der Waals surface area contributed by atoms with Gasteiger partial charge in [-0.25, -0.2) is 8.78 Å². The molecule has 6 heteroatoms. The van der Waals surface area contributed by atoms with Gasteiger partial charge in [0.15, 0.2) is 0 Å². The minimum Gasteiger partial charge on any atom is -0.356 e. The Morgan fingerprint density at radius 3 is 2.46 bits per heavy atom. The van der Waals surface area contributed by atoms with Crippen LogP contribution in [0.25, 0.3) is 10.9 Å². The summed E-state index contributed by atoms with van der Waals surface area (Å²) in [6, 6.07) is 11.9. The number of aromatic amines is 1. The Morgan fingerprint density at radius 2 is 1.69 bits per heavy atom. The molecule has 0 fully saturated rings. The number of rotatable bonds is 6. The van der Waals surface area contributed by atoms with Gasteiger partial charge in [-0.1, -0.05) is 12.1 Å². The molecule has 0 aliphatic rings. The number of carbonyl (C=O) groups is 1. The topological polar surface area (TPSA) is 62.0 Å². The molecular weight excluding hydrogens is 338 g/mol. The molecule has 134 valence electrons. The number of hydrogen-bond acceptors (Lipinski definition) is 2. The molecule has 1 amide bonds. The summed E-state index contributed by atoms with van der Waals surface area (Å²) in [4.78, 5) is 26.7. The van der Waals surface area contributed by atoms with Crippen molar-refractivity contribution < 1.29 is 13.6 Å². The second kappa shape index (κ2) is 7.91. The average molecular weight is 356 g/mol. The number of halogens is 2. The van der Waals surface area contributed by atoms with Gasteiger partial charge in [0.05, 0.1) is 0 Å². The molecule has 4 nitrogen and oxygen atoms in total. The average Bonchev–Trinajstić information content (AvgIpc) is 2.62. The fourth-order valence-electron chi connectivity index (χ4n) is 2.74. The molecule has 26 heavy (non-hydrogen) atoms. The lowest BCUT2D eigenvalue weighted by atomic mass is 10.1. The van der Waals surface area contributed by atoms with Crippen LogP contribution in [0.3, 0.4) is 0 Å². The quantitative estimate of drug-likeness (QED) is 0.713. The fraction of sp³-hybridized carbons (Fsp3) is 0.200. The van der Waals surface area contributed by atoms with E-state index in [1.165, 1.54) is 30.3 Å². The van der Waals surface area contributed by atoms with E-state index < -0.39 is 0 Å². The lowest BCUT2D eigenvalue weighted by molar-refractivity contribution is -0.121. The smallest absolute Gasteiger partial charge is 0.251 e. The fourth-order valence-corrected chi connectivity index (χ4v) is 2.74. The minimum atomic E-state index is -0.381. The summed E-state index contributed by atoms with van der Waals surface area (Å²) in [7, 11) is 0. The molecule has 0 atom stereocenters. The van der Waals surface area contributed by atoms with E-state index in [0.29, 0.717) is 29.4 Å². The maximum absolute atomic E-state index is 13.3. The van der Waals surface area contributed by atoms with Crippen molar-refractivity contribution in [3.63, 3.8) is 0 Å². The van der Waals surface area contributed by atoms with Crippen LogP contribution in [0.1, 0.15) is 17.5 Å². The van der Waals surface area contributed by atoms with Gasteiger partial charge in [-0.2, -0.15) is 0 Å². The van der Waals surface area contributed by atoms with E-state index in [2.05, 4.69) is 10.3 Å². The lowest BCUT2D eigenvalue weighted by Crippen LogP contribution is -2.26. The SMILES string of the molecule is O=C(CCc1cc2cc(F)ccc2[nH]c1=O)NCCc1ccc(F)cc1. The van der Waals surface area contributed by atoms with Crippen LogP contribution in [0.2, 0.25) is 0 Å². The Kier molecular flexibility index (Phi) is 5.41. The highest BCUT2D eigenvalue weighted by Crippen LogP contribution is 2.13. The number of hydrogen-bond donors (Lipinski definition) is 2.